The van der Waals surface area contributed by atoms with E-state index in [0.717, 1.165) is 6.07 Å². The molecule has 0 unspecified atom stereocenters. The van der Waals surface area contributed by atoms with Crippen molar-refractivity contribution in [3.63, 3.8) is 0 Å². The fourth-order valence-electron chi connectivity index (χ4n) is 3.09. The van der Waals surface area contributed by atoms with Crippen molar-refractivity contribution >= 4 is 23.1 Å². The topological polar surface area (TPSA) is 83.6 Å². The molecule has 1 N–H and O–H groups in total. The van der Waals surface area contributed by atoms with Gasteiger partial charge in [0.1, 0.15) is 23.1 Å². The summed E-state index contributed by atoms with van der Waals surface area (Å²) in [7, 11) is 1.44. The van der Waals surface area contributed by atoms with Crippen LogP contribution in [0.15, 0.2) is 63.2 Å². The van der Waals surface area contributed by atoms with Gasteiger partial charge in [0, 0.05) is 11.1 Å². The van der Waals surface area contributed by atoms with E-state index in [1.54, 1.807) is 12.1 Å². The predicted octanol–water partition coefficient (Wildman–Crippen LogP) is 3.26. The predicted molar refractivity (Wildman–Crippen MR) is 99.8 cm³/mol. The second-order valence-corrected chi connectivity index (χ2v) is 6.07. The van der Waals surface area contributed by atoms with Gasteiger partial charge >= 0.3 is 5.97 Å². The molecule has 0 saturated carbocycles. The Morgan fingerprint density at radius 2 is 1.96 bits per heavy atom. The van der Waals surface area contributed by atoms with Gasteiger partial charge in [0.25, 0.3) is 0 Å². The van der Waals surface area contributed by atoms with E-state index in [-0.39, 0.29) is 12.1 Å². The summed E-state index contributed by atoms with van der Waals surface area (Å²) < 4.78 is 33.7. The van der Waals surface area contributed by atoms with E-state index in [1.165, 1.54) is 31.4 Å². The molecule has 0 aliphatic carbocycles. The zero-order valence-corrected chi connectivity index (χ0v) is 14.6. The summed E-state index contributed by atoms with van der Waals surface area (Å²) in [4.78, 5) is 15.4. The van der Waals surface area contributed by atoms with E-state index >= 15 is 0 Å². The lowest BCUT2D eigenvalue weighted by atomic mass is 9.93. The van der Waals surface area contributed by atoms with Gasteiger partial charge in [-0.05, 0) is 30.3 Å². The van der Waals surface area contributed by atoms with Crippen LogP contribution in [-0.2, 0) is 0 Å². The van der Waals surface area contributed by atoms with Crippen molar-refractivity contribution in [2.45, 2.75) is 0 Å². The third kappa shape index (κ3) is 2.88. The molecule has 0 spiro atoms. The summed E-state index contributed by atoms with van der Waals surface area (Å²) in [6.45, 7) is 0.182. The molecule has 2 aromatic rings. The van der Waals surface area contributed by atoms with E-state index in [0.29, 0.717) is 34.0 Å². The highest BCUT2D eigenvalue weighted by atomic mass is 19.1. The van der Waals surface area contributed by atoms with Gasteiger partial charge in [-0.2, -0.15) is 5.10 Å². The molecule has 0 bridgehead atoms. The largest absolute Gasteiger partial charge is 0.496 e. The first kappa shape index (κ1) is 17.7. The van der Waals surface area contributed by atoms with E-state index in [2.05, 4.69) is 15.2 Å². The Kier molecular flexibility index (Phi) is 4.31. The van der Waals surface area contributed by atoms with Crippen LogP contribution < -0.4 is 4.74 Å². The number of hydrogen-bond donors (Lipinski definition) is 1. The monoisotopic (exact) mass is 381 g/mol. The molecular weight excluding hydrogens is 368 g/mol. The molecule has 0 fully saturated rings. The van der Waals surface area contributed by atoms with Crippen LogP contribution in [0.4, 0.5) is 8.78 Å². The van der Waals surface area contributed by atoms with Crippen LogP contribution in [0.3, 0.4) is 0 Å². The van der Waals surface area contributed by atoms with Crippen molar-refractivity contribution in [1.82, 2.24) is 0 Å². The van der Waals surface area contributed by atoms with Gasteiger partial charge in [0.05, 0.1) is 36.2 Å². The number of nitrogens with zero attached hydrogens (tertiary/aromatic N) is 3. The lowest BCUT2D eigenvalue weighted by Gasteiger charge is -2.15. The minimum Gasteiger partial charge on any atom is -0.496 e. The summed E-state index contributed by atoms with van der Waals surface area (Å²) in [6, 6.07) is 8.21. The summed E-state index contributed by atoms with van der Waals surface area (Å²) >= 11 is 0. The highest BCUT2D eigenvalue weighted by molar-refractivity contribution is 6.37. The van der Waals surface area contributed by atoms with Crippen LogP contribution in [0.1, 0.15) is 21.5 Å². The third-order valence-electron chi connectivity index (χ3n) is 4.44. The number of aromatic carboxylic acids is 1. The molecule has 8 heteroatoms. The van der Waals surface area contributed by atoms with Gasteiger partial charge in [-0.1, -0.05) is 12.1 Å². The number of carboxylic acids is 1. The SMILES string of the molecule is COc1cccc(F)c1C1=NCC2=NN=C(c3ccc(C(=O)O)c(F)c3)C2=C1. The number of rotatable bonds is 4. The fourth-order valence-corrected chi connectivity index (χ4v) is 3.09. The highest BCUT2D eigenvalue weighted by Crippen LogP contribution is 2.28. The van der Waals surface area contributed by atoms with E-state index in [4.69, 9.17) is 9.84 Å². The van der Waals surface area contributed by atoms with Gasteiger partial charge in [0.2, 0.25) is 0 Å². The summed E-state index contributed by atoms with van der Waals surface area (Å²) in [5.74, 6) is -2.37. The third-order valence-corrected chi connectivity index (χ3v) is 4.44. The molecule has 0 aromatic heterocycles. The van der Waals surface area contributed by atoms with E-state index in [1.807, 2.05) is 0 Å². The smallest absolute Gasteiger partial charge is 0.338 e. The number of benzene rings is 2. The second-order valence-electron chi connectivity index (χ2n) is 6.07. The van der Waals surface area contributed by atoms with Crippen LogP contribution in [0.25, 0.3) is 0 Å². The molecule has 0 amide bonds. The highest BCUT2D eigenvalue weighted by Gasteiger charge is 2.27. The van der Waals surface area contributed by atoms with Crippen LogP contribution in [-0.4, -0.2) is 41.9 Å². The number of dihydropyridines is 1. The maximum Gasteiger partial charge on any atom is 0.338 e. The van der Waals surface area contributed by atoms with E-state index in [9.17, 15) is 13.6 Å². The Hall–Kier alpha value is -3.68. The lowest BCUT2D eigenvalue weighted by molar-refractivity contribution is 0.0692. The number of ether oxygens (including phenoxy) is 1. The second kappa shape index (κ2) is 6.80. The average molecular weight is 381 g/mol. The molecule has 2 aliphatic heterocycles. The van der Waals surface area contributed by atoms with Crippen LogP contribution >= 0.6 is 0 Å². The maximum atomic E-state index is 14.4. The molecular formula is C20H13F2N3O3. The normalized spacial score (nSPS) is 15.2. The number of fused-ring (bicyclic) bond motifs is 1. The number of hydrogen-bond acceptors (Lipinski definition) is 5. The Morgan fingerprint density at radius 1 is 1.14 bits per heavy atom. The van der Waals surface area contributed by atoms with Crippen LogP contribution in [0.2, 0.25) is 0 Å². The quantitative estimate of drug-likeness (QED) is 0.882. The fraction of sp³-hybridized carbons (Fsp3) is 0.100. The van der Waals surface area contributed by atoms with E-state index < -0.39 is 23.2 Å². The van der Waals surface area contributed by atoms with Crippen molar-refractivity contribution in [2.75, 3.05) is 13.7 Å². The van der Waals surface area contributed by atoms with Gasteiger partial charge < -0.3 is 9.84 Å². The molecule has 140 valence electrons. The maximum absolute atomic E-state index is 14.4. The van der Waals surface area contributed by atoms with Crippen LogP contribution in [0.5, 0.6) is 5.75 Å². The van der Waals surface area contributed by atoms with Crippen molar-refractivity contribution in [1.29, 1.82) is 0 Å². The van der Waals surface area contributed by atoms with Crippen molar-refractivity contribution in [3.8, 4) is 5.75 Å². The molecule has 2 aromatic carbocycles. The number of allylic oxidation sites excluding steroid dienone is 1. The lowest BCUT2D eigenvalue weighted by Crippen LogP contribution is -2.20. The Bertz CT molecular complexity index is 1130. The number of carboxylic acid groups (broad SMARTS) is 1. The molecule has 28 heavy (non-hydrogen) atoms. The Morgan fingerprint density at radius 3 is 2.68 bits per heavy atom. The summed E-state index contributed by atoms with van der Waals surface area (Å²) in [5.41, 5.74) is 2.04. The summed E-state index contributed by atoms with van der Waals surface area (Å²) in [6.07, 6.45) is 1.62. The van der Waals surface area contributed by atoms with Crippen molar-refractivity contribution in [2.24, 2.45) is 15.2 Å². The van der Waals surface area contributed by atoms with Crippen LogP contribution in [0, 0.1) is 11.6 Å². The van der Waals surface area contributed by atoms with Gasteiger partial charge in [0.15, 0.2) is 0 Å². The number of halogens is 2. The van der Waals surface area contributed by atoms with Gasteiger partial charge in [-0.15, -0.1) is 5.10 Å². The standard InChI is InChI=1S/C20H13F2N3O3/c1-28-17-4-2-3-13(21)18(17)15-8-12-16(9-23-15)24-25-19(12)10-5-6-11(20(26)27)14(22)7-10/h2-8H,9H2,1H3,(H,26,27). The molecule has 0 atom stereocenters. The average Bonchev–Trinajstić information content (AvgIpc) is 3.10. The minimum absolute atomic E-state index is 0.182. The Balaban J connectivity index is 1.75. The zero-order valence-electron chi connectivity index (χ0n) is 14.6. The molecule has 2 heterocycles. The molecule has 0 saturated heterocycles. The first-order valence-corrected chi connectivity index (χ1v) is 8.27. The number of aliphatic imine (C=N–C) groups is 1. The van der Waals surface area contributed by atoms with Crippen molar-refractivity contribution < 1.29 is 23.4 Å². The minimum atomic E-state index is -1.35. The zero-order chi connectivity index (χ0) is 19.8. The molecule has 0 radical (unpaired) electrons. The van der Waals surface area contributed by atoms with Gasteiger partial charge in [-0.25, -0.2) is 13.6 Å². The number of methoxy groups -OCH3 is 1. The molecule has 4 rings (SSSR count). The summed E-state index contributed by atoms with van der Waals surface area (Å²) in [5, 5.41) is 17.1. The Labute approximate surface area is 158 Å². The van der Waals surface area contributed by atoms with Gasteiger partial charge in [-0.3, -0.25) is 4.99 Å². The van der Waals surface area contributed by atoms with Crippen molar-refractivity contribution in [3.05, 3.63) is 76.4 Å². The first-order chi connectivity index (χ1) is 13.5. The molecule has 2 aliphatic rings. The first-order valence-electron chi connectivity index (χ1n) is 8.27. The number of carbonyl (C=O) groups is 1. The molecule has 6 nitrogen and oxygen atoms in total.